The van der Waals surface area contributed by atoms with Gasteiger partial charge in [-0.1, -0.05) is 18.2 Å². The van der Waals surface area contributed by atoms with Gasteiger partial charge in [0.05, 0.1) is 17.3 Å². The van der Waals surface area contributed by atoms with E-state index in [1.54, 1.807) is 7.05 Å². The topological polar surface area (TPSA) is 38.1 Å². The molecule has 0 radical (unpaired) electrons. The van der Waals surface area contributed by atoms with Gasteiger partial charge in [0.2, 0.25) is 0 Å². The SMILES string of the molecule is CN(Cc1ccccc1C(F)(F)F)C(=O)c1cnn(C)c1. The molecule has 1 heterocycles. The monoisotopic (exact) mass is 297 g/mol. The Balaban J connectivity index is 2.20. The second-order valence-electron chi connectivity index (χ2n) is 4.72. The van der Waals surface area contributed by atoms with Gasteiger partial charge < -0.3 is 4.90 Å². The van der Waals surface area contributed by atoms with Crippen molar-refractivity contribution < 1.29 is 18.0 Å². The zero-order chi connectivity index (χ0) is 15.6. The predicted molar refractivity (Wildman–Crippen MR) is 70.4 cm³/mol. The maximum Gasteiger partial charge on any atom is 0.416 e. The molecule has 0 atom stereocenters. The summed E-state index contributed by atoms with van der Waals surface area (Å²) in [5.41, 5.74) is -0.329. The van der Waals surface area contributed by atoms with Gasteiger partial charge >= 0.3 is 6.18 Å². The van der Waals surface area contributed by atoms with Crippen LogP contribution >= 0.6 is 0 Å². The van der Waals surface area contributed by atoms with E-state index in [1.165, 1.54) is 47.2 Å². The Labute approximate surface area is 119 Å². The van der Waals surface area contributed by atoms with Crippen LogP contribution in [0.1, 0.15) is 21.5 Å². The molecule has 0 bridgehead atoms. The number of aryl methyl sites for hydroxylation is 1. The van der Waals surface area contributed by atoms with Crippen LogP contribution in [0.25, 0.3) is 0 Å². The van der Waals surface area contributed by atoms with Crippen molar-refractivity contribution in [1.29, 1.82) is 0 Å². The van der Waals surface area contributed by atoms with Crippen molar-refractivity contribution in [2.75, 3.05) is 7.05 Å². The first-order chi connectivity index (χ1) is 9.79. The Bertz CT molecular complexity index is 649. The van der Waals surface area contributed by atoms with Crippen LogP contribution in [0.2, 0.25) is 0 Å². The number of carbonyl (C=O) groups is 1. The van der Waals surface area contributed by atoms with Gasteiger partial charge in [-0.15, -0.1) is 0 Å². The van der Waals surface area contributed by atoms with E-state index in [-0.39, 0.29) is 18.0 Å². The van der Waals surface area contributed by atoms with Crippen LogP contribution in [0, 0.1) is 0 Å². The molecule has 0 aliphatic heterocycles. The van der Waals surface area contributed by atoms with E-state index in [0.29, 0.717) is 5.56 Å². The van der Waals surface area contributed by atoms with Crippen LogP contribution in [0.3, 0.4) is 0 Å². The average molecular weight is 297 g/mol. The molecular formula is C14H14F3N3O. The minimum Gasteiger partial charge on any atom is -0.337 e. The molecule has 21 heavy (non-hydrogen) atoms. The van der Waals surface area contributed by atoms with Crippen LogP contribution in [-0.4, -0.2) is 27.6 Å². The highest BCUT2D eigenvalue weighted by molar-refractivity contribution is 5.93. The Morgan fingerprint density at radius 1 is 1.33 bits per heavy atom. The van der Waals surface area contributed by atoms with Crippen LogP contribution in [-0.2, 0) is 19.8 Å². The van der Waals surface area contributed by atoms with Crippen LogP contribution in [0.5, 0.6) is 0 Å². The molecule has 2 aromatic rings. The van der Waals surface area contributed by atoms with Crippen molar-refractivity contribution in [2.24, 2.45) is 7.05 Å². The molecule has 0 aliphatic rings. The second-order valence-corrected chi connectivity index (χ2v) is 4.72. The number of hydrogen-bond acceptors (Lipinski definition) is 2. The lowest BCUT2D eigenvalue weighted by Crippen LogP contribution is -2.27. The third kappa shape index (κ3) is 3.42. The summed E-state index contributed by atoms with van der Waals surface area (Å²) >= 11 is 0. The lowest BCUT2D eigenvalue weighted by Gasteiger charge is -2.19. The Hall–Kier alpha value is -2.31. The molecule has 1 aromatic carbocycles. The fourth-order valence-electron chi connectivity index (χ4n) is 2.01. The van der Waals surface area contributed by atoms with E-state index < -0.39 is 11.7 Å². The third-order valence-electron chi connectivity index (χ3n) is 3.03. The molecule has 4 nitrogen and oxygen atoms in total. The number of amides is 1. The molecule has 1 amide bonds. The largest absolute Gasteiger partial charge is 0.416 e. The minimum atomic E-state index is -4.44. The number of halogens is 3. The molecule has 0 spiro atoms. The van der Waals surface area contributed by atoms with E-state index in [1.807, 2.05) is 0 Å². The summed E-state index contributed by atoms with van der Waals surface area (Å²) in [7, 11) is 3.12. The highest BCUT2D eigenvalue weighted by atomic mass is 19.4. The van der Waals surface area contributed by atoms with Crippen molar-refractivity contribution >= 4 is 5.91 Å². The first-order valence-electron chi connectivity index (χ1n) is 6.18. The van der Waals surface area contributed by atoms with Crippen molar-refractivity contribution in [3.8, 4) is 0 Å². The molecule has 0 unspecified atom stereocenters. The van der Waals surface area contributed by atoms with E-state index in [2.05, 4.69) is 5.10 Å². The Kier molecular flexibility index (Phi) is 4.02. The first kappa shape index (κ1) is 15.1. The molecule has 7 heteroatoms. The lowest BCUT2D eigenvalue weighted by molar-refractivity contribution is -0.138. The van der Waals surface area contributed by atoms with Crippen molar-refractivity contribution in [3.63, 3.8) is 0 Å². The summed E-state index contributed by atoms with van der Waals surface area (Å²) in [6, 6.07) is 5.23. The average Bonchev–Trinajstić information content (AvgIpc) is 2.84. The summed E-state index contributed by atoms with van der Waals surface area (Å²) in [5.74, 6) is -0.375. The highest BCUT2D eigenvalue weighted by Crippen LogP contribution is 2.32. The predicted octanol–water partition coefficient (Wildman–Crippen LogP) is 2.71. The minimum absolute atomic E-state index is 0.0599. The molecule has 0 N–H and O–H groups in total. The number of benzene rings is 1. The van der Waals surface area contributed by atoms with Crippen molar-refractivity contribution in [3.05, 3.63) is 53.3 Å². The van der Waals surface area contributed by atoms with Crippen LogP contribution in [0.4, 0.5) is 13.2 Å². The number of carbonyl (C=O) groups excluding carboxylic acids is 1. The van der Waals surface area contributed by atoms with Gasteiger partial charge in [0.15, 0.2) is 0 Å². The fraction of sp³-hybridized carbons (Fsp3) is 0.286. The standard InChI is InChI=1S/C14H14F3N3O/c1-19(13(21)11-7-18-20(2)9-11)8-10-5-3-4-6-12(10)14(15,16)17/h3-7,9H,8H2,1-2H3. The van der Waals surface area contributed by atoms with Gasteiger partial charge in [-0.3, -0.25) is 9.48 Å². The van der Waals surface area contributed by atoms with Gasteiger partial charge in [-0.25, -0.2) is 0 Å². The van der Waals surface area contributed by atoms with Gasteiger partial charge in [0.25, 0.3) is 5.91 Å². The quantitative estimate of drug-likeness (QED) is 0.873. The lowest BCUT2D eigenvalue weighted by atomic mass is 10.1. The molecule has 1 aromatic heterocycles. The first-order valence-corrected chi connectivity index (χ1v) is 6.18. The molecule has 0 saturated heterocycles. The van der Waals surface area contributed by atoms with Crippen LogP contribution < -0.4 is 0 Å². The van der Waals surface area contributed by atoms with E-state index in [4.69, 9.17) is 0 Å². The number of alkyl halides is 3. The van der Waals surface area contributed by atoms with Crippen LogP contribution in [0.15, 0.2) is 36.7 Å². The number of nitrogens with zero attached hydrogens (tertiary/aromatic N) is 3. The van der Waals surface area contributed by atoms with Crippen molar-refractivity contribution in [2.45, 2.75) is 12.7 Å². The van der Waals surface area contributed by atoms with Gasteiger partial charge in [0, 0.05) is 26.8 Å². The van der Waals surface area contributed by atoms with Gasteiger partial charge in [0.1, 0.15) is 0 Å². The van der Waals surface area contributed by atoms with Crippen molar-refractivity contribution in [1.82, 2.24) is 14.7 Å². The number of aromatic nitrogens is 2. The van der Waals surface area contributed by atoms with E-state index >= 15 is 0 Å². The smallest absolute Gasteiger partial charge is 0.337 e. The molecule has 0 saturated carbocycles. The summed E-state index contributed by atoms with van der Waals surface area (Å²) < 4.78 is 40.2. The maximum atomic E-state index is 12.9. The molecule has 2 rings (SSSR count). The summed E-state index contributed by atoms with van der Waals surface area (Å²) in [5, 5.41) is 3.87. The second kappa shape index (κ2) is 5.59. The zero-order valence-electron chi connectivity index (χ0n) is 11.6. The van der Waals surface area contributed by atoms with Gasteiger partial charge in [-0.2, -0.15) is 18.3 Å². The third-order valence-corrected chi connectivity index (χ3v) is 3.03. The van der Waals surface area contributed by atoms with Gasteiger partial charge in [-0.05, 0) is 11.6 Å². The number of rotatable bonds is 3. The molecule has 112 valence electrons. The fourth-order valence-corrected chi connectivity index (χ4v) is 2.01. The Morgan fingerprint density at radius 2 is 2.00 bits per heavy atom. The Morgan fingerprint density at radius 3 is 2.57 bits per heavy atom. The summed E-state index contributed by atoms with van der Waals surface area (Å²) in [6.45, 7) is -0.122. The summed E-state index contributed by atoms with van der Waals surface area (Å²) in [6.07, 6.45) is -1.53. The zero-order valence-corrected chi connectivity index (χ0v) is 11.6. The highest BCUT2D eigenvalue weighted by Gasteiger charge is 2.33. The molecular weight excluding hydrogens is 283 g/mol. The molecule has 0 fully saturated rings. The molecule has 0 aliphatic carbocycles. The summed E-state index contributed by atoms with van der Waals surface area (Å²) in [4.78, 5) is 13.4. The van der Waals surface area contributed by atoms with E-state index in [0.717, 1.165) is 6.07 Å². The van der Waals surface area contributed by atoms with E-state index in [9.17, 15) is 18.0 Å². The number of hydrogen-bond donors (Lipinski definition) is 0. The normalized spacial score (nSPS) is 11.5. The maximum absolute atomic E-state index is 12.9.